The zero-order valence-corrected chi connectivity index (χ0v) is 17.2. The topological polar surface area (TPSA) is 58.1 Å². The van der Waals surface area contributed by atoms with Crippen LogP contribution in [0.5, 0.6) is 0 Å². The average Bonchev–Trinajstić information content (AvgIpc) is 2.63. The highest BCUT2D eigenvalue weighted by Gasteiger charge is 2.18. The number of anilines is 1. The number of carbonyl (C=O) groups excluding carboxylic acids is 1. The lowest BCUT2D eigenvalue weighted by Gasteiger charge is -2.33. The smallest absolute Gasteiger partial charge is 0.234 e. The Bertz CT molecular complexity index is 758. The van der Waals surface area contributed by atoms with Crippen molar-refractivity contribution in [3.05, 3.63) is 47.3 Å². The van der Waals surface area contributed by atoms with Crippen LogP contribution in [0.2, 0.25) is 0 Å². The van der Waals surface area contributed by atoms with E-state index in [1.54, 1.807) is 0 Å². The highest BCUT2D eigenvalue weighted by Crippen LogP contribution is 2.20. The quantitative estimate of drug-likeness (QED) is 0.597. The molecule has 0 saturated carbocycles. The Hall–Kier alpha value is -1.92. The molecule has 144 valence electrons. The predicted octanol–water partition coefficient (Wildman–Crippen LogP) is 4.20. The monoisotopic (exact) mass is 384 g/mol. The number of carbonyl (C=O) groups is 1. The number of nitrogens with one attached hydrogen (secondary N) is 1. The Morgan fingerprint density at radius 1 is 1.19 bits per heavy atom. The van der Waals surface area contributed by atoms with Gasteiger partial charge in [-0.25, -0.2) is 9.97 Å². The van der Waals surface area contributed by atoms with E-state index in [1.165, 1.54) is 43.1 Å². The van der Waals surface area contributed by atoms with Crippen molar-refractivity contribution < 1.29 is 4.79 Å². The molecule has 6 heteroatoms. The molecule has 27 heavy (non-hydrogen) atoms. The molecule has 1 saturated heterocycles. The second kappa shape index (κ2) is 9.33. The lowest BCUT2D eigenvalue weighted by Crippen LogP contribution is -2.36. The number of nitrogens with zero attached hydrogens (tertiary/aromatic N) is 3. The van der Waals surface area contributed by atoms with Gasteiger partial charge in [0.2, 0.25) is 5.91 Å². The van der Waals surface area contributed by atoms with Crippen molar-refractivity contribution in [2.75, 3.05) is 17.6 Å². The number of amides is 1. The number of thioether (sulfide) groups is 1. The van der Waals surface area contributed by atoms with Crippen molar-refractivity contribution in [2.45, 2.75) is 57.8 Å². The Morgan fingerprint density at radius 3 is 2.56 bits per heavy atom. The summed E-state index contributed by atoms with van der Waals surface area (Å²) < 4.78 is 0. The summed E-state index contributed by atoms with van der Waals surface area (Å²) in [6.45, 7) is 8.34. The molecular formula is C21H28N4OS. The fourth-order valence-corrected chi connectivity index (χ4v) is 4.16. The summed E-state index contributed by atoms with van der Waals surface area (Å²) in [5, 5.41) is 3.60. The summed E-state index contributed by atoms with van der Waals surface area (Å²) in [4.78, 5) is 23.5. The minimum absolute atomic E-state index is 0.0415. The van der Waals surface area contributed by atoms with Gasteiger partial charge >= 0.3 is 0 Å². The summed E-state index contributed by atoms with van der Waals surface area (Å²) >= 11 is 1.36. The first-order valence-corrected chi connectivity index (χ1v) is 10.6. The van der Waals surface area contributed by atoms with E-state index in [9.17, 15) is 4.79 Å². The van der Waals surface area contributed by atoms with Gasteiger partial charge in [-0.05, 0) is 63.9 Å². The van der Waals surface area contributed by atoms with Crippen molar-refractivity contribution >= 4 is 23.4 Å². The molecular weight excluding hydrogens is 356 g/mol. The van der Waals surface area contributed by atoms with Crippen molar-refractivity contribution in [3.63, 3.8) is 0 Å². The molecule has 2 heterocycles. The molecule has 2 aromatic rings. The van der Waals surface area contributed by atoms with Crippen LogP contribution in [0, 0.1) is 13.8 Å². The maximum Gasteiger partial charge on any atom is 0.234 e. The number of hydrogen-bond acceptors (Lipinski definition) is 5. The first-order chi connectivity index (χ1) is 13.0. The Morgan fingerprint density at radius 2 is 1.89 bits per heavy atom. The molecule has 0 aliphatic carbocycles. The van der Waals surface area contributed by atoms with E-state index in [0.717, 1.165) is 23.6 Å². The van der Waals surface area contributed by atoms with E-state index in [0.29, 0.717) is 17.0 Å². The van der Waals surface area contributed by atoms with E-state index in [1.807, 2.05) is 32.0 Å². The van der Waals surface area contributed by atoms with Crippen molar-refractivity contribution in [2.24, 2.45) is 0 Å². The van der Waals surface area contributed by atoms with Gasteiger partial charge in [0.1, 0.15) is 0 Å². The molecule has 1 aliphatic heterocycles. The number of likely N-dealkylation sites (tertiary alicyclic amines) is 1. The van der Waals surface area contributed by atoms with Gasteiger partial charge in [-0.3, -0.25) is 9.69 Å². The van der Waals surface area contributed by atoms with Gasteiger partial charge < -0.3 is 5.32 Å². The number of piperidine rings is 1. The fourth-order valence-electron chi connectivity index (χ4n) is 3.41. The molecule has 1 N–H and O–H groups in total. The molecule has 0 bridgehead atoms. The normalized spacial score (nSPS) is 17.7. The molecule has 1 aliphatic rings. The van der Waals surface area contributed by atoms with Gasteiger partial charge in [-0.2, -0.15) is 0 Å². The van der Waals surface area contributed by atoms with Gasteiger partial charge in [-0.1, -0.05) is 30.3 Å². The van der Waals surface area contributed by atoms with E-state index >= 15 is 0 Å². The zero-order valence-electron chi connectivity index (χ0n) is 16.4. The van der Waals surface area contributed by atoms with Gasteiger partial charge in [-0.15, -0.1) is 0 Å². The lowest BCUT2D eigenvalue weighted by atomic mass is 10.0. The minimum atomic E-state index is -0.0415. The van der Waals surface area contributed by atoms with Crippen LogP contribution in [0.3, 0.4) is 0 Å². The summed E-state index contributed by atoms with van der Waals surface area (Å²) in [5.41, 5.74) is 3.96. The van der Waals surface area contributed by atoms with Crippen molar-refractivity contribution in [1.29, 1.82) is 0 Å². The van der Waals surface area contributed by atoms with Crippen LogP contribution in [-0.2, 0) is 11.3 Å². The SMILES string of the molecule is Cc1cc(C)nc(SCC(=O)Nc2ccc(CN3CCCCC3C)cc2)n1. The van der Waals surface area contributed by atoms with E-state index < -0.39 is 0 Å². The Labute approximate surface area is 166 Å². The first kappa shape index (κ1) is 19.8. The van der Waals surface area contributed by atoms with Gasteiger partial charge in [0, 0.05) is 29.7 Å². The van der Waals surface area contributed by atoms with Gasteiger partial charge in [0.25, 0.3) is 0 Å². The predicted molar refractivity (Wildman–Crippen MR) is 111 cm³/mol. The Balaban J connectivity index is 1.49. The van der Waals surface area contributed by atoms with Gasteiger partial charge in [0.05, 0.1) is 5.75 Å². The van der Waals surface area contributed by atoms with Crippen LogP contribution in [0.4, 0.5) is 5.69 Å². The molecule has 5 nitrogen and oxygen atoms in total. The third-order valence-corrected chi connectivity index (χ3v) is 5.71. The summed E-state index contributed by atoms with van der Waals surface area (Å²) in [7, 11) is 0. The Kier molecular flexibility index (Phi) is 6.85. The minimum Gasteiger partial charge on any atom is -0.325 e. The van der Waals surface area contributed by atoms with E-state index in [-0.39, 0.29) is 5.91 Å². The summed E-state index contributed by atoms with van der Waals surface area (Å²) in [5.74, 6) is 0.260. The molecule has 1 aromatic heterocycles. The molecule has 0 spiro atoms. The van der Waals surface area contributed by atoms with Crippen LogP contribution < -0.4 is 5.32 Å². The van der Waals surface area contributed by atoms with Crippen LogP contribution >= 0.6 is 11.8 Å². The number of aromatic nitrogens is 2. The highest BCUT2D eigenvalue weighted by atomic mass is 32.2. The zero-order chi connectivity index (χ0) is 19.2. The molecule has 1 aromatic carbocycles. The fraction of sp³-hybridized carbons (Fsp3) is 0.476. The first-order valence-electron chi connectivity index (χ1n) is 9.57. The summed E-state index contributed by atoms with van der Waals surface area (Å²) in [6.07, 6.45) is 3.92. The molecule has 1 atom stereocenters. The second-order valence-corrected chi connectivity index (χ2v) is 8.22. The molecule has 3 rings (SSSR count). The number of hydrogen-bond donors (Lipinski definition) is 1. The number of rotatable bonds is 6. The third-order valence-electron chi connectivity index (χ3n) is 4.86. The standard InChI is InChI=1S/C21H28N4OS/c1-15-12-16(2)23-21(22-15)27-14-20(26)24-19-9-7-18(8-10-19)13-25-11-5-4-6-17(25)3/h7-10,12,17H,4-6,11,13-14H2,1-3H3,(H,24,26). The van der Waals surface area contributed by atoms with Crippen LogP contribution in [0.1, 0.15) is 43.1 Å². The molecule has 0 radical (unpaired) electrons. The van der Waals surface area contributed by atoms with Gasteiger partial charge in [0.15, 0.2) is 5.16 Å². The largest absolute Gasteiger partial charge is 0.325 e. The highest BCUT2D eigenvalue weighted by molar-refractivity contribution is 7.99. The lowest BCUT2D eigenvalue weighted by molar-refractivity contribution is -0.113. The van der Waals surface area contributed by atoms with Crippen LogP contribution in [0.25, 0.3) is 0 Å². The average molecular weight is 385 g/mol. The van der Waals surface area contributed by atoms with Crippen molar-refractivity contribution in [3.8, 4) is 0 Å². The summed E-state index contributed by atoms with van der Waals surface area (Å²) in [6, 6.07) is 10.8. The third kappa shape index (κ3) is 6.04. The molecule has 1 fully saturated rings. The second-order valence-electron chi connectivity index (χ2n) is 7.28. The van der Waals surface area contributed by atoms with Crippen molar-refractivity contribution in [1.82, 2.24) is 14.9 Å². The molecule has 1 amide bonds. The van der Waals surface area contributed by atoms with Crippen LogP contribution in [-0.4, -0.2) is 39.1 Å². The van der Waals surface area contributed by atoms with E-state index in [4.69, 9.17) is 0 Å². The maximum atomic E-state index is 12.2. The number of aryl methyl sites for hydroxylation is 2. The molecule has 1 unspecified atom stereocenters. The maximum absolute atomic E-state index is 12.2. The van der Waals surface area contributed by atoms with E-state index in [2.05, 4.69) is 39.2 Å². The number of benzene rings is 1. The van der Waals surface area contributed by atoms with Crippen LogP contribution in [0.15, 0.2) is 35.5 Å².